The summed E-state index contributed by atoms with van der Waals surface area (Å²) in [7, 11) is 1.38. The van der Waals surface area contributed by atoms with Gasteiger partial charge in [-0.1, -0.05) is 103 Å². The highest BCUT2D eigenvalue weighted by Gasteiger charge is 2.52. The van der Waals surface area contributed by atoms with Gasteiger partial charge in [-0.05, 0) is 107 Å². The summed E-state index contributed by atoms with van der Waals surface area (Å²) in [5.74, 6) is -7.64. The molecule has 3 aliphatic heterocycles. The summed E-state index contributed by atoms with van der Waals surface area (Å²) in [5.41, 5.74) is 1.26. The van der Waals surface area contributed by atoms with Crippen molar-refractivity contribution in [3.63, 3.8) is 0 Å². The van der Waals surface area contributed by atoms with Gasteiger partial charge in [0.1, 0.15) is 30.1 Å². The minimum Gasteiger partial charge on any atom is -0.460 e. The molecule has 13 nitrogen and oxygen atoms in total. The van der Waals surface area contributed by atoms with Gasteiger partial charge in [-0.2, -0.15) is 0 Å². The molecule has 1 unspecified atom stereocenters. The smallest absolute Gasteiger partial charge is 0.329 e. The van der Waals surface area contributed by atoms with Gasteiger partial charge in [0.2, 0.25) is 5.79 Å². The lowest BCUT2D eigenvalue weighted by Crippen LogP contribution is -2.59. The minimum absolute atomic E-state index is 0.00919. The molecule has 0 spiro atoms. The number of esters is 1. The van der Waals surface area contributed by atoms with Crippen LogP contribution in [-0.2, 0) is 38.2 Å². The van der Waals surface area contributed by atoms with Crippen LogP contribution in [0.15, 0.2) is 47.6 Å². The number of Topliss-reactive ketones (excluding diaryl/α,β-unsaturated/α-hetero) is 3. The number of allylic oxidation sites excluding steroid dienone is 6. The lowest BCUT2D eigenvalue weighted by Gasteiger charge is -2.39. The maximum atomic E-state index is 14.4. The van der Waals surface area contributed by atoms with E-state index < -0.39 is 71.7 Å². The highest BCUT2D eigenvalue weighted by Crippen LogP contribution is 2.39. The first-order valence-electron chi connectivity index (χ1n) is 24.9. The maximum Gasteiger partial charge on any atom is 0.329 e. The second-order valence-electron chi connectivity index (χ2n) is 20.7. The molecule has 3 heterocycles. The summed E-state index contributed by atoms with van der Waals surface area (Å²) in [5, 5.41) is 44.1. The zero-order valence-electron chi connectivity index (χ0n) is 41.4. The van der Waals surface area contributed by atoms with E-state index in [2.05, 4.69) is 6.92 Å². The molecule has 0 aromatic rings. The summed E-state index contributed by atoms with van der Waals surface area (Å²) < 4.78 is 18.1. The van der Waals surface area contributed by atoms with E-state index in [0.717, 1.165) is 24.8 Å². The number of aliphatic hydroxyl groups excluding tert-OH is 3. The van der Waals surface area contributed by atoms with Crippen LogP contribution < -0.4 is 0 Å². The van der Waals surface area contributed by atoms with Crippen LogP contribution in [0.4, 0.5) is 0 Å². The molecule has 4 aliphatic rings. The van der Waals surface area contributed by atoms with E-state index in [1.54, 1.807) is 26.8 Å². The van der Waals surface area contributed by atoms with Gasteiger partial charge in [-0.3, -0.25) is 19.2 Å². The summed E-state index contributed by atoms with van der Waals surface area (Å²) in [6, 6.07) is -1.14. The number of carbonyl (C=O) groups is 5. The predicted octanol–water partition coefficient (Wildman–Crippen LogP) is 7.03. The number of hydrogen-bond donors (Lipinski definition) is 4. The molecule has 0 radical (unpaired) electrons. The SMILES string of the molecule is CO[C@H]1C(=O)[C@@H](C)C[C@H](C)/C=C/C=C/C=C(\C)[C@@H](CO)C[C@@H]2CCC[C@@H](C)[C@@](O)(O2)C(=O)C(=O)N2CCCC[C@H]2C(=O)O[C@H]([C@H](C)CC2CC[C@H](C)[C@H](CO)C2)CC(=O)[C@H](C)/C=C(\C)[C@H]1O. The lowest BCUT2D eigenvalue weighted by molar-refractivity contribution is -0.241. The number of piperidine rings is 1. The Morgan fingerprint density at radius 3 is 2.27 bits per heavy atom. The Bertz CT molecular complexity index is 1770. The maximum absolute atomic E-state index is 14.4. The van der Waals surface area contributed by atoms with E-state index in [9.17, 15) is 44.4 Å². The second-order valence-corrected chi connectivity index (χ2v) is 20.7. The molecule has 4 rings (SSSR count). The van der Waals surface area contributed by atoms with Crippen molar-refractivity contribution in [1.82, 2.24) is 4.90 Å². The van der Waals surface area contributed by atoms with Crippen LogP contribution in [0, 0.1) is 53.3 Å². The number of rotatable bonds is 6. The van der Waals surface area contributed by atoms with Crippen LogP contribution in [0.25, 0.3) is 0 Å². The number of fused-ring (bicyclic) bond motifs is 3. The highest BCUT2D eigenvalue weighted by atomic mass is 16.6. The van der Waals surface area contributed by atoms with E-state index >= 15 is 0 Å². The normalized spacial score (nSPS) is 40.2. The summed E-state index contributed by atoms with van der Waals surface area (Å²) in [6.07, 6.45) is 14.0. The minimum atomic E-state index is -2.46. The first-order valence-corrected chi connectivity index (χ1v) is 24.9. The summed E-state index contributed by atoms with van der Waals surface area (Å²) in [6.45, 7) is 14.8. The molecule has 0 aromatic carbocycles. The zero-order chi connectivity index (χ0) is 48.9. The first kappa shape index (κ1) is 55.3. The van der Waals surface area contributed by atoms with Gasteiger partial charge in [0, 0.05) is 57.0 Å². The Labute approximate surface area is 394 Å². The average Bonchev–Trinajstić information content (AvgIpc) is 3.44. The number of amides is 1. The van der Waals surface area contributed by atoms with E-state index in [0.29, 0.717) is 62.9 Å². The number of methoxy groups -OCH3 is 1. The molecule has 3 fully saturated rings. The summed E-state index contributed by atoms with van der Waals surface area (Å²) >= 11 is 0. The molecule has 1 amide bonds. The molecule has 0 aromatic heterocycles. The van der Waals surface area contributed by atoms with E-state index in [4.69, 9.17) is 14.2 Å². The standard InChI is InChI=1S/C53H83NO12/c1-32-16-11-10-12-17-33(2)42(31-56)28-43-19-15-18-39(8)53(63,66-43)50(60)51(61)54-23-14-13-20-44(54)52(62)65-46(36(5)26-40-22-21-34(3)41(27-40)30-55)29-45(57)35(4)25-38(7)48(59)49(64-9)47(58)37(6)24-32/h10-12,16-17,25,32,34-37,39-44,46,48-49,55-56,59,63H,13-15,18-24,26-31H2,1-9H3/b12-10+,16-11+,33-17+,38-25+/t32-,34+,35-,36-,37+,39-,40?,41+,42-,43+,44+,46+,48-,49+,53-/m1/s1. The fraction of sp³-hybridized carbons (Fsp3) is 0.755. The fourth-order valence-corrected chi connectivity index (χ4v) is 10.7. The largest absolute Gasteiger partial charge is 0.460 e. The van der Waals surface area contributed by atoms with Crippen molar-refractivity contribution in [3.05, 3.63) is 47.6 Å². The zero-order valence-corrected chi connectivity index (χ0v) is 41.4. The second kappa shape index (κ2) is 25.9. The van der Waals surface area contributed by atoms with Gasteiger partial charge in [0.15, 0.2) is 5.78 Å². The number of hydrogen-bond acceptors (Lipinski definition) is 12. The molecular formula is C53H83NO12. The summed E-state index contributed by atoms with van der Waals surface area (Å²) in [4.78, 5) is 72.2. The number of ketones is 3. The van der Waals surface area contributed by atoms with Crippen LogP contribution >= 0.6 is 0 Å². The third-order valence-electron chi connectivity index (χ3n) is 15.4. The Kier molecular flexibility index (Phi) is 21.7. The van der Waals surface area contributed by atoms with Crippen molar-refractivity contribution in [3.8, 4) is 0 Å². The monoisotopic (exact) mass is 926 g/mol. The highest BCUT2D eigenvalue weighted by molar-refractivity contribution is 6.39. The van der Waals surface area contributed by atoms with Crippen molar-refractivity contribution >= 4 is 29.2 Å². The van der Waals surface area contributed by atoms with Crippen molar-refractivity contribution in [1.29, 1.82) is 0 Å². The van der Waals surface area contributed by atoms with Gasteiger partial charge in [-0.15, -0.1) is 0 Å². The number of ether oxygens (including phenoxy) is 3. The Morgan fingerprint density at radius 1 is 0.864 bits per heavy atom. The third-order valence-corrected chi connectivity index (χ3v) is 15.4. The van der Waals surface area contributed by atoms with Gasteiger partial charge < -0.3 is 39.5 Å². The van der Waals surface area contributed by atoms with E-state index in [1.807, 2.05) is 58.1 Å². The van der Waals surface area contributed by atoms with E-state index in [-0.39, 0.29) is 73.8 Å². The Balaban J connectivity index is 1.72. The molecule has 4 N–H and O–H groups in total. The number of nitrogens with zero attached hydrogens (tertiary/aromatic N) is 1. The average molecular weight is 926 g/mol. The van der Waals surface area contributed by atoms with Crippen LogP contribution in [-0.4, -0.2) is 118 Å². The van der Waals surface area contributed by atoms with Crippen LogP contribution in [0.1, 0.15) is 139 Å². The molecule has 1 aliphatic carbocycles. The number of cyclic esters (lactones) is 1. The molecule has 15 atom stereocenters. The lowest BCUT2D eigenvalue weighted by atomic mass is 9.72. The fourth-order valence-electron chi connectivity index (χ4n) is 10.7. The van der Waals surface area contributed by atoms with Crippen LogP contribution in [0.2, 0.25) is 0 Å². The molecule has 2 saturated heterocycles. The third kappa shape index (κ3) is 14.6. The van der Waals surface area contributed by atoms with Crippen molar-refractivity contribution < 1.29 is 58.6 Å². The first-order chi connectivity index (χ1) is 31.2. The van der Waals surface area contributed by atoms with Gasteiger partial charge in [0.05, 0.1) is 6.10 Å². The van der Waals surface area contributed by atoms with E-state index in [1.165, 1.54) is 12.0 Å². The Morgan fingerprint density at radius 2 is 1.59 bits per heavy atom. The van der Waals surface area contributed by atoms with Crippen molar-refractivity contribution in [2.24, 2.45) is 53.3 Å². The molecule has 13 heteroatoms. The topological polar surface area (TPSA) is 197 Å². The quantitative estimate of drug-likeness (QED) is 0.121. The van der Waals surface area contributed by atoms with Gasteiger partial charge in [0.25, 0.3) is 11.7 Å². The van der Waals surface area contributed by atoms with Gasteiger partial charge in [-0.25, -0.2) is 4.79 Å². The molecule has 1 saturated carbocycles. The van der Waals surface area contributed by atoms with Crippen LogP contribution in [0.5, 0.6) is 0 Å². The molecular weight excluding hydrogens is 843 g/mol. The van der Waals surface area contributed by atoms with Gasteiger partial charge >= 0.3 is 5.97 Å². The van der Waals surface area contributed by atoms with Crippen molar-refractivity contribution in [2.45, 2.75) is 175 Å². The number of carbonyl (C=O) groups excluding carboxylic acids is 5. The Hall–Kier alpha value is -3.33. The predicted molar refractivity (Wildman–Crippen MR) is 252 cm³/mol. The molecule has 2 bridgehead atoms. The number of aliphatic hydroxyl groups is 4. The molecule has 372 valence electrons. The van der Waals surface area contributed by atoms with Crippen molar-refractivity contribution in [2.75, 3.05) is 26.9 Å². The van der Waals surface area contributed by atoms with Crippen LogP contribution in [0.3, 0.4) is 0 Å². The molecule has 66 heavy (non-hydrogen) atoms.